The molecule has 1 aromatic rings. The van der Waals surface area contributed by atoms with Crippen molar-refractivity contribution >= 4 is 27.8 Å². The lowest BCUT2D eigenvalue weighted by molar-refractivity contribution is -0.142. The minimum atomic E-state index is -0.913. The maximum absolute atomic E-state index is 12.5. The zero-order valence-electron chi connectivity index (χ0n) is 10.8. The van der Waals surface area contributed by atoms with E-state index in [0.29, 0.717) is 18.7 Å². The molecule has 0 aliphatic carbocycles. The maximum atomic E-state index is 12.5. The topological polar surface area (TPSA) is 62.5 Å². The fraction of sp³-hybridized carbons (Fsp3) is 0.538. The van der Waals surface area contributed by atoms with Crippen LogP contribution in [0, 0.1) is 0 Å². The van der Waals surface area contributed by atoms with Crippen LogP contribution < -0.4 is 0 Å². The summed E-state index contributed by atoms with van der Waals surface area (Å²) in [5.74, 6) is -1.12. The SMILES string of the molecule is Cn1cc(Br)cc1C(=O)N1CCCCCC1C(=O)O. The van der Waals surface area contributed by atoms with Gasteiger partial charge in [-0.1, -0.05) is 12.8 Å². The van der Waals surface area contributed by atoms with Crippen LogP contribution in [-0.4, -0.2) is 39.0 Å². The summed E-state index contributed by atoms with van der Waals surface area (Å²) in [5.41, 5.74) is 0.514. The molecule has 2 heterocycles. The molecule has 19 heavy (non-hydrogen) atoms. The molecule has 1 fully saturated rings. The van der Waals surface area contributed by atoms with Gasteiger partial charge >= 0.3 is 5.97 Å². The second kappa shape index (κ2) is 5.77. The van der Waals surface area contributed by atoms with Crippen molar-refractivity contribution < 1.29 is 14.7 Å². The van der Waals surface area contributed by atoms with Gasteiger partial charge in [0.15, 0.2) is 0 Å². The molecule has 1 saturated heterocycles. The highest BCUT2D eigenvalue weighted by molar-refractivity contribution is 9.10. The number of carboxylic acid groups (broad SMARTS) is 1. The van der Waals surface area contributed by atoms with Crippen LogP contribution in [0.15, 0.2) is 16.7 Å². The number of aryl methyl sites for hydroxylation is 1. The number of carbonyl (C=O) groups is 2. The van der Waals surface area contributed by atoms with Crippen LogP contribution in [0.2, 0.25) is 0 Å². The van der Waals surface area contributed by atoms with Crippen LogP contribution in [0.4, 0.5) is 0 Å². The van der Waals surface area contributed by atoms with Gasteiger partial charge in [0.25, 0.3) is 5.91 Å². The predicted molar refractivity (Wildman–Crippen MR) is 74.0 cm³/mol. The smallest absolute Gasteiger partial charge is 0.326 e. The quantitative estimate of drug-likeness (QED) is 0.905. The van der Waals surface area contributed by atoms with E-state index in [0.717, 1.165) is 23.7 Å². The largest absolute Gasteiger partial charge is 0.480 e. The van der Waals surface area contributed by atoms with Gasteiger partial charge in [0.1, 0.15) is 11.7 Å². The van der Waals surface area contributed by atoms with Crippen molar-refractivity contribution in [1.82, 2.24) is 9.47 Å². The first-order valence-corrected chi connectivity index (χ1v) is 7.15. The van der Waals surface area contributed by atoms with Gasteiger partial charge in [0, 0.05) is 24.3 Å². The Morgan fingerprint density at radius 2 is 2.11 bits per heavy atom. The van der Waals surface area contributed by atoms with Crippen molar-refractivity contribution in [3.8, 4) is 0 Å². The number of rotatable bonds is 2. The number of hydrogen-bond donors (Lipinski definition) is 1. The summed E-state index contributed by atoms with van der Waals surface area (Å²) in [6.07, 6.45) is 5.02. The summed E-state index contributed by atoms with van der Waals surface area (Å²) in [4.78, 5) is 25.4. The third kappa shape index (κ3) is 3.00. The summed E-state index contributed by atoms with van der Waals surface area (Å²) < 4.78 is 2.54. The highest BCUT2D eigenvalue weighted by Gasteiger charge is 2.32. The van der Waals surface area contributed by atoms with Gasteiger partial charge in [-0.05, 0) is 34.8 Å². The molecule has 0 spiro atoms. The molecule has 1 amide bonds. The van der Waals surface area contributed by atoms with Crippen molar-refractivity contribution in [1.29, 1.82) is 0 Å². The van der Waals surface area contributed by atoms with Crippen molar-refractivity contribution in [2.45, 2.75) is 31.7 Å². The van der Waals surface area contributed by atoms with Crippen LogP contribution in [0.3, 0.4) is 0 Å². The highest BCUT2D eigenvalue weighted by Crippen LogP contribution is 2.21. The van der Waals surface area contributed by atoms with Crippen LogP contribution >= 0.6 is 15.9 Å². The standard InChI is InChI=1S/C13H17BrN2O3/c1-15-8-9(14)7-11(15)12(17)16-6-4-2-3-5-10(16)13(18)19/h7-8,10H,2-6H2,1H3,(H,18,19). The predicted octanol–water partition coefficient (Wildman–Crippen LogP) is 2.26. The fourth-order valence-electron chi connectivity index (χ4n) is 2.49. The number of nitrogens with zero attached hydrogens (tertiary/aromatic N) is 2. The number of amides is 1. The van der Waals surface area contributed by atoms with Crippen molar-refractivity contribution in [3.05, 3.63) is 22.4 Å². The van der Waals surface area contributed by atoms with E-state index < -0.39 is 12.0 Å². The Bertz CT molecular complexity index is 498. The average molecular weight is 329 g/mol. The zero-order chi connectivity index (χ0) is 14.0. The molecule has 1 N–H and O–H groups in total. The number of carboxylic acids is 1. The molecule has 0 bridgehead atoms. The molecule has 1 aromatic heterocycles. The minimum Gasteiger partial charge on any atom is -0.480 e. The lowest BCUT2D eigenvalue weighted by atomic mass is 10.1. The first kappa shape index (κ1) is 14.1. The van der Waals surface area contributed by atoms with Crippen molar-refractivity contribution in [3.63, 3.8) is 0 Å². The van der Waals surface area contributed by atoms with Crippen LogP contribution in [0.5, 0.6) is 0 Å². The Morgan fingerprint density at radius 1 is 1.37 bits per heavy atom. The average Bonchev–Trinajstić information content (AvgIpc) is 2.57. The first-order chi connectivity index (χ1) is 9.00. The van der Waals surface area contributed by atoms with E-state index in [4.69, 9.17) is 0 Å². The lowest BCUT2D eigenvalue weighted by Gasteiger charge is -2.27. The Morgan fingerprint density at radius 3 is 2.68 bits per heavy atom. The molecule has 0 aromatic carbocycles. The number of halogens is 1. The Hall–Kier alpha value is -1.30. The molecule has 5 nitrogen and oxygen atoms in total. The fourth-order valence-corrected chi connectivity index (χ4v) is 3.02. The van der Waals surface area contributed by atoms with Gasteiger partial charge in [0.2, 0.25) is 0 Å². The summed E-state index contributed by atoms with van der Waals surface area (Å²) in [5, 5.41) is 9.29. The maximum Gasteiger partial charge on any atom is 0.326 e. The Balaban J connectivity index is 2.28. The van der Waals surface area contributed by atoms with E-state index in [-0.39, 0.29) is 5.91 Å². The van der Waals surface area contributed by atoms with Gasteiger partial charge in [-0.25, -0.2) is 4.79 Å². The zero-order valence-corrected chi connectivity index (χ0v) is 12.4. The molecule has 104 valence electrons. The molecule has 1 atom stereocenters. The molecule has 1 unspecified atom stereocenters. The molecule has 0 radical (unpaired) electrons. The van der Waals surface area contributed by atoms with Crippen molar-refractivity contribution in [2.75, 3.05) is 6.54 Å². The second-order valence-electron chi connectivity index (χ2n) is 4.86. The van der Waals surface area contributed by atoms with E-state index >= 15 is 0 Å². The summed E-state index contributed by atoms with van der Waals surface area (Å²) in [7, 11) is 1.78. The molecule has 6 heteroatoms. The lowest BCUT2D eigenvalue weighted by Crippen LogP contribution is -2.45. The van der Waals surface area contributed by atoms with Crippen molar-refractivity contribution in [2.24, 2.45) is 7.05 Å². The van der Waals surface area contributed by atoms with Gasteiger partial charge in [-0.2, -0.15) is 0 Å². The van der Waals surface area contributed by atoms with E-state index in [1.54, 1.807) is 23.9 Å². The second-order valence-corrected chi connectivity index (χ2v) is 5.77. The number of aliphatic carboxylic acids is 1. The normalized spacial score (nSPS) is 20.1. The highest BCUT2D eigenvalue weighted by atomic mass is 79.9. The third-order valence-electron chi connectivity index (χ3n) is 3.49. The number of carbonyl (C=O) groups excluding carboxylic acids is 1. The van der Waals surface area contributed by atoms with Gasteiger partial charge in [0.05, 0.1) is 0 Å². The van der Waals surface area contributed by atoms with Crippen LogP contribution in [-0.2, 0) is 11.8 Å². The molecular weight excluding hydrogens is 312 g/mol. The minimum absolute atomic E-state index is 0.206. The Labute approximate surface area is 120 Å². The van der Waals surface area contributed by atoms with Crippen LogP contribution in [0.1, 0.15) is 36.2 Å². The first-order valence-electron chi connectivity index (χ1n) is 6.36. The summed E-state index contributed by atoms with van der Waals surface area (Å²) >= 11 is 3.33. The number of likely N-dealkylation sites (tertiary alicyclic amines) is 1. The Kier molecular flexibility index (Phi) is 4.29. The van der Waals surface area contributed by atoms with E-state index in [1.165, 1.54) is 4.90 Å². The van der Waals surface area contributed by atoms with E-state index in [1.807, 2.05) is 0 Å². The third-order valence-corrected chi connectivity index (χ3v) is 3.92. The number of aromatic nitrogens is 1. The van der Waals surface area contributed by atoms with Gasteiger partial charge < -0.3 is 14.6 Å². The van der Waals surface area contributed by atoms with E-state index in [9.17, 15) is 14.7 Å². The monoisotopic (exact) mass is 328 g/mol. The molecular formula is C13H17BrN2O3. The van der Waals surface area contributed by atoms with Gasteiger partial charge in [-0.15, -0.1) is 0 Å². The molecule has 0 saturated carbocycles. The molecule has 1 aliphatic rings. The molecule has 1 aliphatic heterocycles. The summed E-state index contributed by atoms with van der Waals surface area (Å²) in [6, 6.07) is 1.02. The number of hydrogen-bond acceptors (Lipinski definition) is 2. The van der Waals surface area contributed by atoms with Gasteiger partial charge in [-0.3, -0.25) is 4.79 Å². The summed E-state index contributed by atoms with van der Waals surface area (Å²) in [6.45, 7) is 0.512. The molecule has 2 rings (SSSR count). The van der Waals surface area contributed by atoms with Crippen LogP contribution in [0.25, 0.3) is 0 Å². The van der Waals surface area contributed by atoms with E-state index in [2.05, 4.69) is 15.9 Å².